The van der Waals surface area contributed by atoms with Crippen LogP contribution in [0.4, 0.5) is 13.2 Å². The zero-order valence-electron chi connectivity index (χ0n) is 18.8. The Morgan fingerprint density at radius 2 is 1.71 bits per heavy atom. The Bertz CT molecular complexity index is 689. The summed E-state index contributed by atoms with van der Waals surface area (Å²) in [5.74, 6) is 0.851. The van der Waals surface area contributed by atoms with E-state index in [0.717, 1.165) is 18.7 Å². The first kappa shape index (κ1) is 27.8. The lowest BCUT2D eigenvalue weighted by Gasteiger charge is -2.45. The first-order chi connectivity index (χ1) is 14.0. The van der Waals surface area contributed by atoms with E-state index < -0.39 is 12.8 Å². The Morgan fingerprint density at radius 3 is 2.23 bits per heavy atom. The van der Waals surface area contributed by atoms with E-state index in [-0.39, 0.29) is 47.5 Å². The van der Waals surface area contributed by atoms with Gasteiger partial charge >= 0.3 is 6.18 Å². The summed E-state index contributed by atoms with van der Waals surface area (Å²) < 4.78 is 47.2. The molecule has 0 spiro atoms. The van der Waals surface area contributed by atoms with Crippen LogP contribution in [0.2, 0.25) is 0 Å². The van der Waals surface area contributed by atoms with E-state index in [4.69, 9.17) is 9.47 Å². The Balaban J connectivity index is 0.00000480. The number of hydrogen-bond donors (Lipinski definition) is 2. The van der Waals surface area contributed by atoms with Crippen LogP contribution >= 0.6 is 24.0 Å². The minimum atomic E-state index is -4.34. The third-order valence-corrected chi connectivity index (χ3v) is 4.97. The first-order valence-corrected chi connectivity index (χ1v) is 10.1. The molecule has 0 aromatic heterocycles. The van der Waals surface area contributed by atoms with Crippen LogP contribution in [0.3, 0.4) is 0 Å². The van der Waals surface area contributed by atoms with Crippen LogP contribution in [0, 0.1) is 0 Å². The molecule has 2 N–H and O–H groups in total. The highest BCUT2D eigenvalue weighted by Gasteiger charge is 2.33. The summed E-state index contributed by atoms with van der Waals surface area (Å²) in [6, 6.07) is 6.52. The van der Waals surface area contributed by atoms with E-state index >= 15 is 0 Å². The summed E-state index contributed by atoms with van der Waals surface area (Å²) in [4.78, 5) is 6.68. The molecule has 6 nitrogen and oxygen atoms in total. The third-order valence-electron chi connectivity index (χ3n) is 4.97. The van der Waals surface area contributed by atoms with Crippen molar-refractivity contribution < 1.29 is 22.6 Å². The topological polar surface area (TPSA) is 58.1 Å². The van der Waals surface area contributed by atoms with Crippen molar-refractivity contribution in [3.8, 4) is 5.75 Å². The summed E-state index contributed by atoms with van der Waals surface area (Å²) in [6.45, 7) is 10.2. The largest absolute Gasteiger partial charge is 0.484 e. The predicted molar refractivity (Wildman–Crippen MR) is 127 cm³/mol. The van der Waals surface area contributed by atoms with Gasteiger partial charge in [0.05, 0.1) is 12.2 Å². The van der Waals surface area contributed by atoms with E-state index in [1.807, 2.05) is 0 Å². The summed E-state index contributed by atoms with van der Waals surface area (Å²) in [7, 11) is 1.70. The van der Waals surface area contributed by atoms with Gasteiger partial charge in [-0.2, -0.15) is 13.2 Å². The highest BCUT2D eigenvalue weighted by atomic mass is 127. The van der Waals surface area contributed by atoms with Crippen molar-refractivity contribution >= 4 is 29.9 Å². The summed E-state index contributed by atoms with van der Waals surface area (Å²) >= 11 is 0. The van der Waals surface area contributed by atoms with E-state index in [1.54, 1.807) is 19.2 Å². The average molecular weight is 558 g/mol. The van der Waals surface area contributed by atoms with Gasteiger partial charge in [0, 0.05) is 38.8 Å². The number of ether oxygens (including phenoxy) is 2. The van der Waals surface area contributed by atoms with Crippen LogP contribution in [0.15, 0.2) is 29.3 Å². The Morgan fingerprint density at radius 1 is 1.13 bits per heavy atom. The lowest BCUT2D eigenvalue weighted by Crippen LogP contribution is -2.59. The standard InChI is InChI=1S/C21H33F3N4O2.HI/c1-15-11-28(12-16(2)30-15)20(3,4)13-27-19(25-5)26-10-17-6-8-18(9-7-17)29-14-21(22,23)24;/h6-9,15-16H,10-14H2,1-5H3,(H2,25,26,27);1H. The lowest BCUT2D eigenvalue weighted by molar-refractivity contribution is -0.153. The molecule has 0 aliphatic carbocycles. The molecule has 1 aliphatic heterocycles. The molecule has 0 bridgehead atoms. The Labute approximate surface area is 200 Å². The fourth-order valence-corrected chi connectivity index (χ4v) is 3.36. The second-order valence-corrected chi connectivity index (χ2v) is 8.30. The maximum Gasteiger partial charge on any atom is 0.422 e. The summed E-state index contributed by atoms with van der Waals surface area (Å²) in [6.07, 6.45) is -3.94. The number of benzene rings is 1. The number of nitrogens with one attached hydrogen (secondary N) is 2. The molecule has 1 fully saturated rings. The zero-order valence-corrected chi connectivity index (χ0v) is 21.1. The molecule has 0 saturated carbocycles. The minimum Gasteiger partial charge on any atom is -0.484 e. The van der Waals surface area contributed by atoms with Gasteiger partial charge in [0.1, 0.15) is 5.75 Å². The van der Waals surface area contributed by atoms with E-state index in [9.17, 15) is 13.2 Å². The smallest absolute Gasteiger partial charge is 0.422 e. The summed E-state index contributed by atoms with van der Waals surface area (Å²) in [5.41, 5.74) is 0.828. The molecule has 1 aromatic carbocycles. The lowest BCUT2D eigenvalue weighted by atomic mass is 10.00. The van der Waals surface area contributed by atoms with Gasteiger partial charge in [-0.05, 0) is 45.4 Å². The predicted octanol–water partition coefficient (Wildman–Crippen LogP) is 3.80. The SMILES string of the molecule is CN=C(NCc1ccc(OCC(F)(F)F)cc1)NCC(C)(C)N1CC(C)OC(C)C1.I. The molecule has 1 saturated heterocycles. The molecule has 2 atom stereocenters. The van der Waals surface area contributed by atoms with Crippen molar-refractivity contribution in [1.29, 1.82) is 0 Å². The molecule has 10 heteroatoms. The van der Waals surface area contributed by atoms with Crippen molar-refractivity contribution in [3.63, 3.8) is 0 Å². The number of rotatable bonds is 7. The van der Waals surface area contributed by atoms with Gasteiger partial charge in [-0.1, -0.05) is 12.1 Å². The van der Waals surface area contributed by atoms with Gasteiger partial charge in [0.25, 0.3) is 0 Å². The highest BCUT2D eigenvalue weighted by molar-refractivity contribution is 14.0. The van der Waals surface area contributed by atoms with Crippen molar-refractivity contribution in [3.05, 3.63) is 29.8 Å². The van der Waals surface area contributed by atoms with Gasteiger partial charge in [0.2, 0.25) is 0 Å². The molecule has 178 valence electrons. The molecular formula is C21H34F3IN4O2. The zero-order chi connectivity index (χ0) is 22.4. The Hall–Kier alpha value is -1.27. The van der Waals surface area contributed by atoms with Crippen molar-refractivity contribution in [2.75, 3.05) is 33.3 Å². The number of hydrogen-bond acceptors (Lipinski definition) is 4. The second kappa shape index (κ2) is 12.1. The fourth-order valence-electron chi connectivity index (χ4n) is 3.36. The number of morpholine rings is 1. The van der Waals surface area contributed by atoms with Gasteiger partial charge in [-0.15, -0.1) is 24.0 Å². The maximum atomic E-state index is 12.2. The minimum absolute atomic E-state index is 0. The number of guanidine groups is 1. The van der Waals surface area contributed by atoms with Crippen molar-refractivity contribution in [2.24, 2.45) is 4.99 Å². The molecule has 0 radical (unpaired) electrons. The van der Waals surface area contributed by atoms with Crippen LogP contribution < -0.4 is 15.4 Å². The van der Waals surface area contributed by atoms with E-state index in [0.29, 0.717) is 19.0 Å². The van der Waals surface area contributed by atoms with Crippen molar-refractivity contribution in [2.45, 2.75) is 58.2 Å². The second-order valence-electron chi connectivity index (χ2n) is 8.30. The molecule has 1 aromatic rings. The first-order valence-electron chi connectivity index (χ1n) is 10.1. The molecule has 1 heterocycles. The van der Waals surface area contributed by atoms with Crippen LogP contribution in [0.1, 0.15) is 33.3 Å². The number of halogens is 4. The monoisotopic (exact) mass is 558 g/mol. The van der Waals surface area contributed by atoms with Crippen LogP contribution in [0.5, 0.6) is 5.75 Å². The molecule has 31 heavy (non-hydrogen) atoms. The fraction of sp³-hybridized carbons (Fsp3) is 0.667. The Kier molecular flexibility index (Phi) is 10.8. The average Bonchev–Trinajstić information content (AvgIpc) is 2.66. The van der Waals surface area contributed by atoms with Crippen LogP contribution in [0.25, 0.3) is 0 Å². The number of alkyl halides is 3. The van der Waals surface area contributed by atoms with Gasteiger partial charge in [-0.25, -0.2) is 0 Å². The van der Waals surface area contributed by atoms with E-state index in [2.05, 4.69) is 48.2 Å². The van der Waals surface area contributed by atoms with Crippen LogP contribution in [-0.2, 0) is 11.3 Å². The molecule has 1 aliphatic rings. The van der Waals surface area contributed by atoms with Crippen LogP contribution in [-0.4, -0.2) is 68.1 Å². The molecule has 2 unspecified atom stereocenters. The van der Waals surface area contributed by atoms with Gasteiger partial charge in [-0.3, -0.25) is 9.89 Å². The van der Waals surface area contributed by atoms with Gasteiger partial charge < -0.3 is 20.1 Å². The van der Waals surface area contributed by atoms with Crippen molar-refractivity contribution in [1.82, 2.24) is 15.5 Å². The third kappa shape index (κ3) is 9.82. The normalized spacial score (nSPS) is 20.7. The van der Waals surface area contributed by atoms with Gasteiger partial charge in [0.15, 0.2) is 12.6 Å². The number of nitrogens with zero attached hydrogens (tertiary/aromatic N) is 2. The van der Waals surface area contributed by atoms with E-state index in [1.165, 1.54) is 12.1 Å². The molecular weight excluding hydrogens is 524 g/mol. The quantitative estimate of drug-likeness (QED) is 0.303. The highest BCUT2D eigenvalue weighted by Crippen LogP contribution is 2.21. The number of aliphatic imine (C=N–C) groups is 1. The molecule has 0 amide bonds. The summed E-state index contributed by atoms with van der Waals surface area (Å²) in [5, 5.41) is 6.59. The maximum absolute atomic E-state index is 12.2. The molecule has 2 rings (SSSR count).